The fourth-order valence-corrected chi connectivity index (χ4v) is 3.69. The van der Waals surface area contributed by atoms with Gasteiger partial charge in [-0.25, -0.2) is 4.39 Å². The molecule has 3 N–H and O–H groups in total. The summed E-state index contributed by atoms with van der Waals surface area (Å²) in [5.41, 5.74) is 3.68. The van der Waals surface area contributed by atoms with Gasteiger partial charge < -0.3 is 0 Å². The SMILES string of the molecule is NNC(CSc1cccc(Cl)c1)Cc1cc(F)cc(Br)c1. The average molecular weight is 390 g/mol. The predicted molar refractivity (Wildman–Crippen MR) is 91.1 cm³/mol. The van der Waals surface area contributed by atoms with Gasteiger partial charge in [0.15, 0.2) is 0 Å². The highest BCUT2D eigenvalue weighted by Gasteiger charge is 2.10. The quantitative estimate of drug-likeness (QED) is 0.437. The van der Waals surface area contributed by atoms with Gasteiger partial charge in [0, 0.05) is 26.2 Å². The van der Waals surface area contributed by atoms with Gasteiger partial charge in [0.05, 0.1) is 0 Å². The van der Waals surface area contributed by atoms with E-state index in [1.165, 1.54) is 12.1 Å². The Hall–Kier alpha value is -0.590. The standard InChI is InChI=1S/C15H15BrClFN2S/c16-11-4-10(5-13(18)7-11)6-14(20-19)9-21-15-3-1-2-12(17)8-15/h1-5,7-8,14,20H,6,9,19H2. The van der Waals surface area contributed by atoms with Crippen LogP contribution in [-0.4, -0.2) is 11.8 Å². The molecule has 0 aliphatic rings. The van der Waals surface area contributed by atoms with E-state index in [1.54, 1.807) is 11.8 Å². The molecule has 0 heterocycles. The van der Waals surface area contributed by atoms with Crippen LogP contribution in [0.25, 0.3) is 0 Å². The van der Waals surface area contributed by atoms with Crippen molar-refractivity contribution in [1.29, 1.82) is 0 Å². The minimum atomic E-state index is -0.252. The van der Waals surface area contributed by atoms with Gasteiger partial charge in [0.2, 0.25) is 0 Å². The number of nitrogens with one attached hydrogen (secondary N) is 1. The van der Waals surface area contributed by atoms with E-state index in [2.05, 4.69) is 21.4 Å². The Morgan fingerprint density at radius 1 is 1.29 bits per heavy atom. The van der Waals surface area contributed by atoms with Gasteiger partial charge in [0.1, 0.15) is 5.82 Å². The molecule has 2 aromatic rings. The molecule has 0 aliphatic heterocycles. The van der Waals surface area contributed by atoms with Crippen molar-refractivity contribution in [2.75, 3.05) is 5.75 Å². The molecule has 0 fully saturated rings. The molecule has 1 unspecified atom stereocenters. The van der Waals surface area contributed by atoms with Crippen molar-refractivity contribution < 1.29 is 4.39 Å². The number of hydrazine groups is 1. The minimum absolute atomic E-state index is 0.0441. The second-order valence-corrected chi connectivity index (χ2v) is 7.06. The Balaban J connectivity index is 1.96. The molecular formula is C15H15BrClFN2S. The van der Waals surface area contributed by atoms with Crippen LogP contribution in [-0.2, 0) is 6.42 Å². The van der Waals surface area contributed by atoms with E-state index in [0.717, 1.165) is 20.7 Å². The third-order valence-electron chi connectivity index (χ3n) is 2.89. The molecule has 2 rings (SSSR count). The van der Waals surface area contributed by atoms with Gasteiger partial charge in [-0.3, -0.25) is 11.3 Å². The molecule has 2 nitrogen and oxygen atoms in total. The van der Waals surface area contributed by atoms with Crippen LogP contribution in [0.15, 0.2) is 51.8 Å². The third kappa shape index (κ3) is 5.60. The van der Waals surface area contributed by atoms with E-state index in [9.17, 15) is 4.39 Å². The van der Waals surface area contributed by atoms with Crippen molar-refractivity contribution in [2.45, 2.75) is 17.4 Å². The van der Waals surface area contributed by atoms with Gasteiger partial charge in [-0.15, -0.1) is 11.8 Å². The predicted octanol–water partition coefficient (Wildman–Crippen LogP) is 4.41. The monoisotopic (exact) mass is 388 g/mol. The Labute approximate surface area is 141 Å². The number of hydrogen-bond donors (Lipinski definition) is 2. The lowest BCUT2D eigenvalue weighted by molar-refractivity contribution is 0.570. The van der Waals surface area contributed by atoms with Crippen molar-refractivity contribution in [2.24, 2.45) is 5.84 Å². The number of rotatable bonds is 6. The first kappa shape index (κ1) is 16.8. The summed E-state index contributed by atoms with van der Waals surface area (Å²) >= 11 is 10.9. The van der Waals surface area contributed by atoms with Crippen molar-refractivity contribution >= 4 is 39.3 Å². The van der Waals surface area contributed by atoms with Crippen LogP contribution in [0.5, 0.6) is 0 Å². The van der Waals surface area contributed by atoms with Crippen molar-refractivity contribution in [1.82, 2.24) is 5.43 Å². The Kier molecular flexibility index (Phi) is 6.51. The van der Waals surface area contributed by atoms with E-state index in [1.807, 2.05) is 30.3 Å². The smallest absolute Gasteiger partial charge is 0.124 e. The molecule has 6 heteroatoms. The number of hydrogen-bond acceptors (Lipinski definition) is 3. The lowest BCUT2D eigenvalue weighted by Crippen LogP contribution is -2.38. The average Bonchev–Trinajstić information content (AvgIpc) is 2.42. The molecule has 0 radical (unpaired) electrons. The second kappa shape index (κ2) is 8.15. The summed E-state index contributed by atoms with van der Waals surface area (Å²) in [6.45, 7) is 0. The minimum Gasteiger partial charge on any atom is -0.271 e. The molecular weight excluding hydrogens is 375 g/mol. The van der Waals surface area contributed by atoms with Crippen LogP contribution >= 0.6 is 39.3 Å². The first-order valence-corrected chi connectivity index (χ1v) is 8.52. The van der Waals surface area contributed by atoms with Crippen LogP contribution < -0.4 is 11.3 Å². The molecule has 0 saturated heterocycles. The summed E-state index contributed by atoms with van der Waals surface area (Å²) < 4.78 is 14.1. The highest BCUT2D eigenvalue weighted by molar-refractivity contribution is 9.10. The fourth-order valence-electron chi connectivity index (χ4n) is 1.93. The summed E-state index contributed by atoms with van der Waals surface area (Å²) in [5.74, 6) is 6.11. The molecule has 112 valence electrons. The first-order chi connectivity index (χ1) is 10.1. The third-order valence-corrected chi connectivity index (χ3v) is 4.74. The number of halogens is 3. The highest BCUT2D eigenvalue weighted by Crippen LogP contribution is 2.23. The summed E-state index contributed by atoms with van der Waals surface area (Å²) in [5, 5.41) is 0.714. The zero-order valence-corrected chi connectivity index (χ0v) is 14.3. The van der Waals surface area contributed by atoms with Crippen molar-refractivity contribution in [3.8, 4) is 0 Å². The Bertz CT molecular complexity index is 592. The van der Waals surface area contributed by atoms with Crippen LogP contribution in [0, 0.1) is 5.82 Å². The fraction of sp³-hybridized carbons (Fsp3) is 0.200. The van der Waals surface area contributed by atoms with Crippen molar-refractivity contribution in [3.63, 3.8) is 0 Å². The second-order valence-electron chi connectivity index (χ2n) is 4.61. The first-order valence-electron chi connectivity index (χ1n) is 6.36. The summed E-state index contributed by atoms with van der Waals surface area (Å²) in [7, 11) is 0. The highest BCUT2D eigenvalue weighted by atomic mass is 79.9. The number of benzene rings is 2. The molecule has 2 aromatic carbocycles. The van der Waals surface area contributed by atoms with Crippen molar-refractivity contribution in [3.05, 3.63) is 63.3 Å². The zero-order valence-electron chi connectivity index (χ0n) is 11.2. The molecule has 0 aliphatic carbocycles. The largest absolute Gasteiger partial charge is 0.271 e. The van der Waals surface area contributed by atoms with E-state index < -0.39 is 0 Å². The van der Waals surface area contributed by atoms with Gasteiger partial charge in [-0.05, 0) is 48.4 Å². The van der Waals surface area contributed by atoms with Crippen LogP contribution in [0.1, 0.15) is 5.56 Å². The lowest BCUT2D eigenvalue weighted by atomic mass is 10.1. The topological polar surface area (TPSA) is 38.0 Å². The normalized spacial score (nSPS) is 12.4. The molecule has 0 spiro atoms. The maximum atomic E-state index is 13.4. The Morgan fingerprint density at radius 3 is 2.76 bits per heavy atom. The molecule has 0 aromatic heterocycles. The van der Waals surface area contributed by atoms with Gasteiger partial charge in [-0.2, -0.15) is 0 Å². The van der Waals surface area contributed by atoms with Gasteiger partial charge in [-0.1, -0.05) is 33.6 Å². The maximum absolute atomic E-state index is 13.4. The number of thioether (sulfide) groups is 1. The van der Waals surface area contributed by atoms with E-state index in [-0.39, 0.29) is 11.9 Å². The van der Waals surface area contributed by atoms with Crippen LogP contribution in [0.4, 0.5) is 4.39 Å². The van der Waals surface area contributed by atoms with E-state index in [0.29, 0.717) is 11.4 Å². The van der Waals surface area contributed by atoms with Crippen LogP contribution in [0.2, 0.25) is 5.02 Å². The zero-order chi connectivity index (χ0) is 15.2. The summed E-state index contributed by atoms with van der Waals surface area (Å²) in [6, 6.07) is 12.6. The maximum Gasteiger partial charge on any atom is 0.124 e. The molecule has 0 amide bonds. The molecule has 0 bridgehead atoms. The number of nitrogens with two attached hydrogens (primary N) is 1. The Morgan fingerprint density at radius 2 is 2.10 bits per heavy atom. The van der Waals surface area contributed by atoms with Gasteiger partial charge in [0.25, 0.3) is 0 Å². The molecule has 0 saturated carbocycles. The molecule has 1 atom stereocenters. The van der Waals surface area contributed by atoms with E-state index >= 15 is 0 Å². The van der Waals surface area contributed by atoms with E-state index in [4.69, 9.17) is 17.4 Å². The lowest BCUT2D eigenvalue weighted by Gasteiger charge is -2.16. The summed E-state index contributed by atoms with van der Waals surface area (Å²) in [4.78, 5) is 1.09. The molecule has 21 heavy (non-hydrogen) atoms. The van der Waals surface area contributed by atoms with Crippen LogP contribution in [0.3, 0.4) is 0 Å². The summed E-state index contributed by atoms with van der Waals surface area (Å²) in [6.07, 6.45) is 0.653. The van der Waals surface area contributed by atoms with Gasteiger partial charge >= 0.3 is 0 Å².